The van der Waals surface area contributed by atoms with Gasteiger partial charge in [0, 0.05) is 31.9 Å². The van der Waals surface area contributed by atoms with Crippen molar-refractivity contribution in [3.63, 3.8) is 0 Å². The van der Waals surface area contributed by atoms with Crippen LogP contribution in [0.1, 0.15) is 36.8 Å². The van der Waals surface area contributed by atoms with E-state index in [1.807, 2.05) is 13.1 Å². The van der Waals surface area contributed by atoms with E-state index in [1.54, 1.807) is 17.9 Å². The summed E-state index contributed by atoms with van der Waals surface area (Å²) < 4.78 is 41.6. The smallest absolute Gasteiger partial charge is 0.339 e. The van der Waals surface area contributed by atoms with Gasteiger partial charge < -0.3 is 4.90 Å². The number of carbonyl (C=O) groups is 1. The molecule has 0 radical (unpaired) electrons. The van der Waals surface area contributed by atoms with Crippen LogP contribution in [-0.2, 0) is 24.1 Å². The van der Waals surface area contributed by atoms with Gasteiger partial charge in [0.15, 0.2) is 5.69 Å². The monoisotopic (exact) mass is 421 g/mol. The molecular formula is C15H19BrF3N5O. The molecule has 2 aromatic heterocycles. The first kappa shape index (κ1) is 19.5. The molecule has 0 bridgehead atoms. The maximum absolute atomic E-state index is 13.0. The molecule has 1 amide bonds. The van der Waals surface area contributed by atoms with Gasteiger partial charge in [-0.15, -0.1) is 0 Å². The molecule has 2 aromatic rings. The van der Waals surface area contributed by atoms with E-state index >= 15 is 0 Å². The first-order chi connectivity index (χ1) is 11.6. The average molecular weight is 422 g/mol. The van der Waals surface area contributed by atoms with Crippen molar-refractivity contribution in [2.45, 2.75) is 46.1 Å². The van der Waals surface area contributed by atoms with Gasteiger partial charge in [-0.2, -0.15) is 23.4 Å². The highest BCUT2D eigenvalue weighted by atomic mass is 79.9. The van der Waals surface area contributed by atoms with Crippen molar-refractivity contribution in [3.05, 3.63) is 33.8 Å². The molecule has 2 rings (SSSR count). The van der Waals surface area contributed by atoms with Gasteiger partial charge in [-0.25, -0.2) is 0 Å². The molecule has 10 heteroatoms. The van der Waals surface area contributed by atoms with E-state index in [0.29, 0.717) is 6.54 Å². The average Bonchev–Trinajstić information content (AvgIpc) is 3.11. The number of hydrogen-bond acceptors (Lipinski definition) is 3. The highest BCUT2D eigenvalue weighted by Gasteiger charge is 2.39. The highest BCUT2D eigenvalue weighted by Crippen LogP contribution is 2.36. The van der Waals surface area contributed by atoms with Gasteiger partial charge in [0.2, 0.25) is 5.91 Å². The van der Waals surface area contributed by atoms with Gasteiger partial charge in [-0.3, -0.25) is 14.2 Å². The summed E-state index contributed by atoms with van der Waals surface area (Å²) in [5, 5.41) is 7.73. The van der Waals surface area contributed by atoms with Gasteiger partial charge in [0.1, 0.15) is 6.04 Å². The zero-order chi connectivity index (χ0) is 18.9. The molecule has 138 valence electrons. The fourth-order valence-corrected chi connectivity index (χ4v) is 2.98. The van der Waals surface area contributed by atoms with Crippen LogP contribution >= 0.6 is 15.9 Å². The standard InChI is InChI=1S/C15H19BrF3N5O/c1-5-23-8-11(6-20-23)7-22(4)14(25)10(3)24-9(2)12(16)13(21-24)15(17,18)19/h6,8,10H,5,7H2,1-4H3. The SMILES string of the molecule is CCn1cc(CN(C)C(=O)C(C)n2nc(C(F)(F)F)c(Br)c2C)cn1. The largest absolute Gasteiger partial charge is 0.436 e. The minimum absolute atomic E-state index is 0.147. The Morgan fingerprint density at radius 2 is 2.08 bits per heavy atom. The third kappa shape index (κ3) is 4.05. The Kier molecular flexibility index (Phi) is 5.60. The number of halogens is 4. The number of hydrogen-bond donors (Lipinski definition) is 0. The summed E-state index contributed by atoms with van der Waals surface area (Å²) in [6.07, 6.45) is -1.10. The fraction of sp³-hybridized carbons (Fsp3) is 0.533. The van der Waals surface area contributed by atoms with Gasteiger partial charge in [0.05, 0.1) is 16.4 Å². The lowest BCUT2D eigenvalue weighted by atomic mass is 10.2. The minimum atomic E-state index is -4.59. The molecule has 0 saturated heterocycles. The molecule has 0 fully saturated rings. The van der Waals surface area contributed by atoms with Crippen molar-refractivity contribution < 1.29 is 18.0 Å². The highest BCUT2D eigenvalue weighted by molar-refractivity contribution is 9.10. The van der Waals surface area contributed by atoms with Crippen LogP contribution in [0, 0.1) is 6.92 Å². The number of likely N-dealkylation sites (N-methyl/N-ethyl adjacent to an activating group) is 1. The normalized spacial score (nSPS) is 13.1. The molecular weight excluding hydrogens is 403 g/mol. The molecule has 0 N–H and O–H groups in total. The first-order valence-electron chi connectivity index (χ1n) is 7.64. The molecule has 0 aliphatic carbocycles. The molecule has 6 nitrogen and oxygen atoms in total. The Balaban J connectivity index is 2.19. The molecule has 2 heterocycles. The minimum Gasteiger partial charge on any atom is -0.339 e. The van der Waals surface area contributed by atoms with E-state index in [2.05, 4.69) is 26.1 Å². The van der Waals surface area contributed by atoms with Gasteiger partial charge in [0.25, 0.3) is 0 Å². The third-order valence-electron chi connectivity index (χ3n) is 3.88. The Hall–Kier alpha value is -1.84. The van der Waals surface area contributed by atoms with Crippen LogP contribution in [0.5, 0.6) is 0 Å². The maximum Gasteiger partial charge on any atom is 0.436 e. The number of amides is 1. The molecule has 0 spiro atoms. The van der Waals surface area contributed by atoms with Gasteiger partial charge in [-0.05, 0) is 36.7 Å². The summed E-state index contributed by atoms with van der Waals surface area (Å²) in [6, 6.07) is -0.862. The second-order valence-corrected chi connectivity index (χ2v) is 6.56. The second-order valence-electron chi connectivity index (χ2n) is 5.76. The summed E-state index contributed by atoms with van der Waals surface area (Å²) >= 11 is 2.92. The predicted octanol–water partition coefficient (Wildman–Crippen LogP) is 3.41. The molecule has 0 aliphatic rings. The third-order valence-corrected chi connectivity index (χ3v) is 4.83. The van der Waals surface area contributed by atoms with E-state index in [0.717, 1.165) is 16.8 Å². The summed E-state index contributed by atoms with van der Waals surface area (Å²) in [7, 11) is 1.60. The molecule has 1 atom stereocenters. The van der Waals surface area contributed by atoms with Crippen LogP contribution < -0.4 is 0 Å². The van der Waals surface area contributed by atoms with Crippen molar-refractivity contribution in [2.75, 3.05) is 7.05 Å². The van der Waals surface area contributed by atoms with Crippen LogP contribution in [0.3, 0.4) is 0 Å². The number of aromatic nitrogens is 4. The molecule has 0 saturated carbocycles. The quantitative estimate of drug-likeness (QED) is 0.743. The number of aryl methyl sites for hydroxylation is 1. The molecule has 1 unspecified atom stereocenters. The second kappa shape index (κ2) is 7.19. The van der Waals surface area contributed by atoms with Crippen LogP contribution in [0.2, 0.25) is 0 Å². The van der Waals surface area contributed by atoms with Gasteiger partial charge in [-0.1, -0.05) is 0 Å². The predicted molar refractivity (Wildman–Crippen MR) is 88.8 cm³/mol. The van der Waals surface area contributed by atoms with Crippen molar-refractivity contribution in [3.8, 4) is 0 Å². The Labute approximate surface area is 151 Å². The summed E-state index contributed by atoms with van der Waals surface area (Å²) in [5.74, 6) is -0.337. The van der Waals surface area contributed by atoms with E-state index < -0.39 is 17.9 Å². The van der Waals surface area contributed by atoms with Crippen molar-refractivity contribution in [1.82, 2.24) is 24.5 Å². The van der Waals surface area contributed by atoms with E-state index in [4.69, 9.17) is 0 Å². The summed E-state index contributed by atoms with van der Waals surface area (Å²) in [6.45, 7) is 6.00. The number of carbonyl (C=O) groups excluding carboxylic acids is 1. The fourth-order valence-electron chi connectivity index (χ4n) is 2.49. The zero-order valence-corrected chi connectivity index (χ0v) is 15.9. The van der Waals surface area contributed by atoms with Crippen molar-refractivity contribution >= 4 is 21.8 Å². The lowest BCUT2D eigenvalue weighted by Crippen LogP contribution is -2.33. The topological polar surface area (TPSA) is 56.0 Å². The van der Waals surface area contributed by atoms with Crippen LogP contribution in [-0.4, -0.2) is 37.4 Å². The molecule has 0 aliphatic heterocycles. The lowest BCUT2D eigenvalue weighted by Gasteiger charge is -2.22. The van der Waals surface area contributed by atoms with E-state index in [-0.39, 0.29) is 16.1 Å². The Morgan fingerprint density at radius 3 is 2.56 bits per heavy atom. The molecule has 0 aromatic carbocycles. The van der Waals surface area contributed by atoms with Crippen LogP contribution in [0.4, 0.5) is 13.2 Å². The van der Waals surface area contributed by atoms with Crippen LogP contribution in [0.15, 0.2) is 16.9 Å². The Bertz CT molecular complexity index is 768. The Morgan fingerprint density at radius 1 is 1.44 bits per heavy atom. The van der Waals surface area contributed by atoms with Crippen molar-refractivity contribution in [1.29, 1.82) is 0 Å². The van der Waals surface area contributed by atoms with Gasteiger partial charge >= 0.3 is 6.18 Å². The van der Waals surface area contributed by atoms with E-state index in [9.17, 15) is 18.0 Å². The molecule has 25 heavy (non-hydrogen) atoms. The summed E-state index contributed by atoms with van der Waals surface area (Å²) in [4.78, 5) is 14.0. The number of alkyl halides is 3. The van der Waals surface area contributed by atoms with Crippen LogP contribution in [0.25, 0.3) is 0 Å². The zero-order valence-electron chi connectivity index (χ0n) is 14.3. The first-order valence-corrected chi connectivity index (χ1v) is 8.43. The maximum atomic E-state index is 13.0. The summed E-state index contributed by atoms with van der Waals surface area (Å²) in [5.41, 5.74) is 0.0659. The number of rotatable bonds is 5. The number of nitrogens with zero attached hydrogens (tertiary/aromatic N) is 5. The van der Waals surface area contributed by atoms with E-state index in [1.165, 1.54) is 18.7 Å². The lowest BCUT2D eigenvalue weighted by molar-refractivity contribution is -0.143. The van der Waals surface area contributed by atoms with Crippen molar-refractivity contribution in [2.24, 2.45) is 0 Å².